The maximum absolute atomic E-state index is 13.6. The van der Waals surface area contributed by atoms with E-state index < -0.39 is 0 Å². The van der Waals surface area contributed by atoms with Crippen molar-refractivity contribution in [3.8, 4) is 0 Å². The lowest BCUT2D eigenvalue weighted by Gasteiger charge is -2.40. The van der Waals surface area contributed by atoms with Gasteiger partial charge in [-0.3, -0.25) is 9.69 Å². The van der Waals surface area contributed by atoms with E-state index in [0.717, 1.165) is 49.1 Å². The first-order valence-corrected chi connectivity index (χ1v) is 13.6. The van der Waals surface area contributed by atoms with Crippen molar-refractivity contribution in [2.75, 3.05) is 31.1 Å². The van der Waals surface area contributed by atoms with Gasteiger partial charge in [0.25, 0.3) is 5.56 Å². The molecule has 1 atom stereocenters. The zero-order chi connectivity index (χ0) is 27.2. The Labute approximate surface area is 224 Å². The Hall–Kier alpha value is -3.52. The normalized spacial score (nSPS) is 15.8. The average Bonchev–Trinajstić information content (AvgIpc) is 3.38. The Kier molecular flexibility index (Phi) is 6.86. The molecule has 8 nitrogen and oxygen atoms in total. The summed E-state index contributed by atoms with van der Waals surface area (Å²) in [5, 5.41) is 14.1. The molecule has 1 saturated heterocycles. The van der Waals surface area contributed by atoms with E-state index >= 15 is 0 Å². The van der Waals surface area contributed by atoms with Crippen molar-refractivity contribution in [2.45, 2.75) is 66.5 Å². The Morgan fingerprint density at radius 2 is 1.68 bits per heavy atom. The molecule has 38 heavy (non-hydrogen) atoms. The van der Waals surface area contributed by atoms with Crippen molar-refractivity contribution >= 4 is 16.6 Å². The van der Waals surface area contributed by atoms with Gasteiger partial charge in [0.1, 0.15) is 6.04 Å². The molecule has 0 bridgehead atoms. The number of hydrogen-bond donors (Lipinski definition) is 1. The van der Waals surface area contributed by atoms with Crippen LogP contribution in [0.25, 0.3) is 10.9 Å². The number of hydrogen-bond acceptors (Lipinski definition) is 6. The van der Waals surface area contributed by atoms with Gasteiger partial charge in [0, 0.05) is 42.9 Å². The Morgan fingerprint density at radius 1 is 0.974 bits per heavy atom. The molecule has 0 saturated carbocycles. The highest BCUT2D eigenvalue weighted by Crippen LogP contribution is 2.33. The SMILES string of the molecule is CCC(C)(C)n1nnnc1[C@@H](c1cc2cc(C)c(C)cc2[nH]c1=O)N1CCN(c2cccc(C)c2C)CC1. The van der Waals surface area contributed by atoms with Crippen LogP contribution in [-0.4, -0.2) is 56.3 Å². The van der Waals surface area contributed by atoms with Crippen LogP contribution in [0, 0.1) is 27.7 Å². The summed E-state index contributed by atoms with van der Waals surface area (Å²) >= 11 is 0. The van der Waals surface area contributed by atoms with E-state index in [1.54, 1.807) is 0 Å². The van der Waals surface area contributed by atoms with Crippen LogP contribution in [0.2, 0.25) is 0 Å². The second-order valence-electron chi connectivity index (χ2n) is 11.3. The zero-order valence-corrected chi connectivity index (χ0v) is 23.7. The van der Waals surface area contributed by atoms with Crippen molar-refractivity contribution in [1.29, 1.82) is 0 Å². The summed E-state index contributed by atoms with van der Waals surface area (Å²) in [6.45, 7) is 18.3. The van der Waals surface area contributed by atoms with E-state index in [-0.39, 0.29) is 17.1 Å². The van der Waals surface area contributed by atoms with E-state index in [0.29, 0.717) is 11.4 Å². The first-order valence-electron chi connectivity index (χ1n) is 13.6. The third-order valence-electron chi connectivity index (χ3n) is 8.55. The summed E-state index contributed by atoms with van der Waals surface area (Å²) in [6, 6.07) is 12.4. The van der Waals surface area contributed by atoms with Crippen LogP contribution in [0.1, 0.15) is 66.9 Å². The number of nitrogens with zero attached hydrogens (tertiary/aromatic N) is 6. The number of aromatic amines is 1. The third kappa shape index (κ3) is 4.62. The van der Waals surface area contributed by atoms with E-state index in [1.165, 1.54) is 22.4 Å². The van der Waals surface area contributed by atoms with Crippen molar-refractivity contribution in [1.82, 2.24) is 30.1 Å². The van der Waals surface area contributed by atoms with Gasteiger partial charge < -0.3 is 9.88 Å². The molecule has 0 aliphatic carbocycles. The summed E-state index contributed by atoms with van der Waals surface area (Å²) in [5.74, 6) is 0.714. The summed E-state index contributed by atoms with van der Waals surface area (Å²) in [5.41, 5.74) is 7.44. The van der Waals surface area contributed by atoms with Crippen LogP contribution in [-0.2, 0) is 5.54 Å². The molecule has 8 heteroatoms. The molecule has 2 aromatic heterocycles. The van der Waals surface area contributed by atoms with Crippen molar-refractivity contribution in [2.24, 2.45) is 0 Å². The van der Waals surface area contributed by atoms with E-state index in [4.69, 9.17) is 0 Å². The molecule has 1 aliphatic rings. The monoisotopic (exact) mass is 513 g/mol. The number of fused-ring (bicyclic) bond motifs is 1. The van der Waals surface area contributed by atoms with Crippen LogP contribution in [0.3, 0.4) is 0 Å². The molecule has 0 amide bonds. The summed E-state index contributed by atoms with van der Waals surface area (Å²) < 4.78 is 1.92. The van der Waals surface area contributed by atoms with Gasteiger partial charge in [-0.15, -0.1) is 5.10 Å². The number of aryl methyl sites for hydroxylation is 3. The van der Waals surface area contributed by atoms with Crippen molar-refractivity contribution < 1.29 is 0 Å². The number of pyridine rings is 1. The Balaban J connectivity index is 1.58. The van der Waals surface area contributed by atoms with Crippen LogP contribution in [0.5, 0.6) is 0 Å². The summed E-state index contributed by atoms with van der Waals surface area (Å²) in [6.07, 6.45) is 0.866. The maximum Gasteiger partial charge on any atom is 0.253 e. The quantitative estimate of drug-likeness (QED) is 0.399. The molecule has 1 aliphatic heterocycles. The fourth-order valence-corrected chi connectivity index (χ4v) is 5.44. The number of piperazine rings is 1. The Bertz CT molecular complexity index is 1530. The lowest BCUT2D eigenvalue weighted by molar-refractivity contribution is 0.186. The van der Waals surface area contributed by atoms with Gasteiger partial charge in [0.05, 0.1) is 5.54 Å². The summed E-state index contributed by atoms with van der Waals surface area (Å²) in [4.78, 5) is 21.6. The van der Waals surface area contributed by atoms with Crippen LogP contribution in [0.15, 0.2) is 41.2 Å². The number of rotatable bonds is 6. The molecule has 1 fully saturated rings. The predicted octanol–water partition coefficient (Wildman–Crippen LogP) is 4.80. The number of H-pyrrole nitrogens is 1. The van der Waals surface area contributed by atoms with E-state index in [9.17, 15) is 4.79 Å². The minimum absolute atomic E-state index is 0.0911. The molecule has 0 spiro atoms. The number of nitrogens with one attached hydrogen (secondary N) is 1. The third-order valence-corrected chi connectivity index (χ3v) is 8.55. The number of aromatic nitrogens is 5. The van der Waals surface area contributed by atoms with E-state index in [2.05, 4.69) is 109 Å². The largest absolute Gasteiger partial charge is 0.369 e. The number of tetrazole rings is 1. The number of anilines is 1. The maximum atomic E-state index is 13.6. The molecule has 0 radical (unpaired) electrons. The van der Waals surface area contributed by atoms with Gasteiger partial charge in [0.15, 0.2) is 5.82 Å². The summed E-state index contributed by atoms with van der Waals surface area (Å²) in [7, 11) is 0. The highest BCUT2D eigenvalue weighted by atomic mass is 16.1. The fourth-order valence-electron chi connectivity index (χ4n) is 5.44. The molecule has 4 aromatic rings. The van der Waals surface area contributed by atoms with Gasteiger partial charge in [-0.2, -0.15) is 0 Å². The molecule has 200 valence electrons. The highest BCUT2D eigenvalue weighted by Gasteiger charge is 2.36. The highest BCUT2D eigenvalue weighted by molar-refractivity contribution is 5.81. The molecule has 3 heterocycles. The van der Waals surface area contributed by atoms with Gasteiger partial charge >= 0.3 is 0 Å². The lowest BCUT2D eigenvalue weighted by Crippen LogP contribution is -2.49. The zero-order valence-electron chi connectivity index (χ0n) is 23.7. The van der Waals surface area contributed by atoms with Crippen LogP contribution < -0.4 is 10.5 Å². The molecular formula is C30H39N7O. The first kappa shape index (κ1) is 26.1. The minimum atomic E-state index is -0.355. The Morgan fingerprint density at radius 3 is 2.39 bits per heavy atom. The second-order valence-corrected chi connectivity index (χ2v) is 11.3. The second kappa shape index (κ2) is 9.98. The van der Waals surface area contributed by atoms with Gasteiger partial charge in [-0.25, -0.2) is 4.68 Å². The molecule has 2 aromatic carbocycles. The van der Waals surface area contributed by atoms with Crippen LogP contribution in [0.4, 0.5) is 5.69 Å². The molecule has 0 unspecified atom stereocenters. The topological polar surface area (TPSA) is 82.9 Å². The fraction of sp³-hybridized carbons (Fsp3) is 0.467. The van der Waals surface area contributed by atoms with E-state index in [1.807, 2.05) is 10.7 Å². The van der Waals surface area contributed by atoms with Gasteiger partial charge in [-0.1, -0.05) is 19.1 Å². The van der Waals surface area contributed by atoms with Crippen molar-refractivity contribution in [3.05, 3.63) is 80.4 Å². The minimum Gasteiger partial charge on any atom is -0.369 e. The molecule has 1 N–H and O–H groups in total. The number of benzene rings is 2. The standard InChI is InChI=1S/C30H39N7O/c1-8-30(6,7)37-28(32-33-34-37)27(24-18-23-16-20(3)21(4)17-25(23)31-29(24)38)36-14-12-35(13-15-36)26-11-9-10-19(2)22(26)5/h9-11,16-18,27H,8,12-15H2,1-7H3,(H,31,38)/t27-/m1/s1. The average molecular weight is 514 g/mol. The molecule has 5 rings (SSSR count). The molecular weight excluding hydrogens is 474 g/mol. The predicted molar refractivity (Wildman–Crippen MR) is 153 cm³/mol. The van der Waals surface area contributed by atoms with Gasteiger partial charge in [-0.05, 0) is 110 Å². The van der Waals surface area contributed by atoms with Crippen LogP contribution >= 0.6 is 0 Å². The first-order chi connectivity index (χ1) is 18.1. The lowest BCUT2D eigenvalue weighted by atomic mass is 9.98. The smallest absolute Gasteiger partial charge is 0.253 e. The van der Waals surface area contributed by atoms with Crippen molar-refractivity contribution in [3.63, 3.8) is 0 Å². The van der Waals surface area contributed by atoms with Gasteiger partial charge in [0.2, 0.25) is 0 Å².